The maximum Gasteiger partial charge on any atom is 0.257 e. The second kappa shape index (κ2) is 5.31. The van der Waals surface area contributed by atoms with E-state index in [1.807, 2.05) is 11.8 Å². The SMILES string of the molecule is COc1cccc(N)c1C(=O)NC1CCSC1. The van der Waals surface area contributed by atoms with E-state index in [1.54, 1.807) is 18.2 Å². The molecule has 1 aliphatic heterocycles. The van der Waals surface area contributed by atoms with E-state index in [0.29, 0.717) is 17.0 Å². The second-order valence-corrected chi connectivity index (χ2v) is 5.11. The Labute approximate surface area is 105 Å². The molecule has 1 aliphatic rings. The number of rotatable bonds is 3. The van der Waals surface area contributed by atoms with Crippen molar-refractivity contribution in [1.29, 1.82) is 0 Å². The Hall–Kier alpha value is -1.36. The predicted octanol–water partition coefficient (Wildman–Crippen LogP) is 1.51. The van der Waals surface area contributed by atoms with E-state index >= 15 is 0 Å². The van der Waals surface area contributed by atoms with E-state index in [1.165, 1.54) is 7.11 Å². The van der Waals surface area contributed by atoms with Crippen molar-refractivity contribution in [3.05, 3.63) is 23.8 Å². The molecule has 0 aromatic heterocycles. The van der Waals surface area contributed by atoms with E-state index < -0.39 is 0 Å². The van der Waals surface area contributed by atoms with Crippen LogP contribution in [0, 0.1) is 0 Å². The molecule has 1 aromatic carbocycles. The fourth-order valence-electron chi connectivity index (χ4n) is 1.87. The molecule has 5 heteroatoms. The number of nitrogens with two attached hydrogens (primary N) is 1. The highest BCUT2D eigenvalue weighted by atomic mass is 32.2. The van der Waals surface area contributed by atoms with Crippen LogP contribution in [0.15, 0.2) is 18.2 Å². The summed E-state index contributed by atoms with van der Waals surface area (Å²) in [5, 5.41) is 2.99. The summed E-state index contributed by atoms with van der Waals surface area (Å²) >= 11 is 1.86. The molecule has 92 valence electrons. The third kappa shape index (κ3) is 2.66. The Balaban J connectivity index is 2.17. The number of thioether (sulfide) groups is 1. The minimum absolute atomic E-state index is 0.146. The number of nitrogens with one attached hydrogen (secondary N) is 1. The molecule has 0 spiro atoms. The lowest BCUT2D eigenvalue weighted by atomic mass is 10.1. The average molecular weight is 252 g/mol. The summed E-state index contributed by atoms with van der Waals surface area (Å²) in [6.45, 7) is 0. The Morgan fingerprint density at radius 2 is 2.41 bits per heavy atom. The molecule has 1 saturated heterocycles. The molecule has 4 nitrogen and oxygen atoms in total. The fourth-order valence-corrected chi connectivity index (χ4v) is 3.02. The van der Waals surface area contributed by atoms with Crippen molar-refractivity contribution < 1.29 is 9.53 Å². The number of amides is 1. The maximum absolute atomic E-state index is 12.1. The van der Waals surface area contributed by atoms with Crippen molar-refractivity contribution in [2.24, 2.45) is 0 Å². The monoisotopic (exact) mass is 252 g/mol. The van der Waals surface area contributed by atoms with Crippen LogP contribution in [-0.2, 0) is 0 Å². The molecule has 1 unspecified atom stereocenters. The van der Waals surface area contributed by atoms with Crippen LogP contribution in [0.1, 0.15) is 16.8 Å². The van der Waals surface area contributed by atoms with Gasteiger partial charge in [0, 0.05) is 17.5 Å². The smallest absolute Gasteiger partial charge is 0.257 e. The lowest BCUT2D eigenvalue weighted by Gasteiger charge is -2.14. The number of hydrogen-bond acceptors (Lipinski definition) is 4. The van der Waals surface area contributed by atoms with Crippen LogP contribution in [-0.4, -0.2) is 30.6 Å². The summed E-state index contributed by atoms with van der Waals surface area (Å²) in [6, 6.07) is 5.48. The van der Waals surface area contributed by atoms with Crippen LogP contribution >= 0.6 is 11.8 Å². The molecule has 3 N–H and O–H groups in total. The summed E-state index contributed by atoms with van der Waals surface area (Å²) in [5.74, 6) is 2.45. The molecule has 0 aliphatic carbocycles. The van der Waals surface area contributed by atoms with Crippen LogP contribution in [0.3, 0.4) is 0 Å². The Kier molecular flexibility index (Phi) is 3.78. The minimum atomic E-state index is -0.146. The van der Waals surface area contributed by atoms with Gasteiger partial charge in [0.1, 0.15) is 11.3 Å². The first-order valence-electron chi connectivity index (χ1n) is 5.53. The number of hydrogen-bond donors (Lipinski definition) is 2. The van der Waals surface area contributed by atoms with Crippen LogP contribution in [0.25, 0.3) is 0 Å². The van der Waals surface area contributed by atoms with Gasteiger partial charge in [-0.25, -0.2) is 0 Å². The van der Waals surface area contributed by atoms with Gasteiger partial charge < -0.3 is 15.8 Å². The van der Waals surface area contributed by atoms with Crippen molar-refractivity contribution in [3.63, 3.8) is 0 Å². The van der Waals surface area contributed by atoms with Gasteiger partial charge in [-0.15, -0.1) is 0 Å². The van der Waals surface area contributed by atoms with Gasteiger partial charge in [-0.3, -0.25) is 4.79 Å². The first-order valence-corrected chi connectivity index (χ1v) is 6.69. The van der Waals surface area contributed by atoms with E-state index in [2.05, 4.69) is 5.32 Å². The number of carbonyl (C=O) groups excluding carboxylic acids is 1. The maximum atomic E-state index is 12.1. The van der Waals surface area contributed by atoms with Crippen molar-refractivity contribution in [3.8, 4) is 5.75 Å². The molecular formula is C12H16N2O2S. The summed E-state index contributed by atoms with van der Waals surface area (Å²) < 4.78 is 5.17. The lowest BCUT2D eigenvalue weighted by molar-refractivity contribution is 0.0939. The van der Waals surface area contributed by atoms with Crippen LogP contribution in [0.5, 0.6) is 5.75 Å². The molecule has 1 fully saturated rings. The first-order chi connectivity index (χ1) is 8.22. The molecule has 0 radical (unpaired) electrons. The Morgan fingerprint density at radius 1 is 1.59 bits per heavy atom. The van der Waals surface area contributed by atoms with Crippen LogP contribution in [0.2, 0.25) is 0 Å². The van der Waals surface area contributed by atoms with E-state index in [0.717, 1.165) is 17.9 Å². The quantitative estimate of drug-likeness (QED) is 0.800. The lowest BCUT2D eigenvalue weighted by Crippen LogP contribution is -2.35. The highest BCUT2D eigenvalue weighted by molar-refractivity contribution is 7.99. The third-order valence-electron chi connectivity index (χ3n) is 2.77. The molecule has 2 rings (SSSR count). The van der Waals surface area contributed by atoms with E-state index in [9.17, 15) is 4.79 Å². The number of anilines is 1. The van der Waals surface area contributed by atoms with Crippen molar-refractivity contribution in [2.75, 3.05) is 24.3 Å². The highest BCUT2D eigenvalue weighted by Gasteiger charge is 2.21. The number of ether oxygens (including phenoxy) is 1. The summed E-state index contributed by atoms with van der Waals surface area (Å²) in [5.41, 5.74) is 6.71. The van der Waals surface area contributed by atoms with Crippen molar-refractivity contribution in [1.82, 2.24) is 5.32 Å². The zero-order chi connectivity index (χ0) is 12.3. The predicted molar refractivity (Wildman–Crippen MR) is 70.6 cm³/mol. The Bertz CT molecular complexity index is 417. The molecule has 0 saturated carbocycles. The molecule has 1 aromatic rings. The van der Waals surface area contributed by atoms with Gasteiger partial charge in [0.15, 0.2) is 0 Å². The van der Waals surface area contributed by atoms with Gasteiger partial charge in [0.2, 0.25) is 0 Å². The van der Waals surface area contributed by atoms with Gasteiger partial charge in [-0.1, -0.05) is 6.07 Å². The summed E-state index contributed by atoms with van der Waals surface area (Å²) in [6.07, 6.45) is 1.02. The van der Waals surface area contributed by atoms with Gasteiger partial charge in [0.05, 0.1) is 7.11 Å². The topological polar surface area (TPSA) is 64.3 Å². The second-order valence-electron chi connectivity index (χ2n) is 3.96. The first kappa shape index (κ1) is 12.1. The van der Waals surface area contributed by atoms with Crippen molar-refractivity contribution >= 4 is 23.4 Å². The molecule has 17 heavy (non-hydrogen) atoms. The molecule has 1 amide bonds. The fraction of sp³-hybridized carbons (Fsp3) is 0.417. The standard InChI is InChI=1S/C12H16N2O2S/c1-16-10-4-2-3-9(13)11(10)12(15)14-8-5-6-17-7-8/h2-4,8H,5-7,13H2,1H3,(H,14,15). The zero-order valence-corrected chi connectivity index (χ0v) is 10.5. The molecular weight excluding hydrogens is 236 g/mol. The highest BCUT2D eigenvalue weighted by Crippen LogP contribution is 2.25. The molecule has 1 heterocycles. The minimum Gasteiger partial charge on any atom is -0.496 e. The van der Waals surface area contributed by atoms with E-state index in [-0.39, 0.29) is 11.9 Å². The van der Waals surface area contributed by atoms with Gasteiger partial charge in [0.25, 0.3) is 5.91 Å². The largest absolute Gasteiger partial charge is 0.496 e. The number of methoxy groups -OCH3 is 1. The van der Waals surface area contributed by atoms with Gasteiger partial charge in [-0.2, -0.15) is 11.8 Å². The Morgan fingerprint density at radius 3 is 3.06 bits per heavy atom. The van der Waals surface area contributed by atoms with Crippen molar-refractivity contribution in [2.45, 2.75) is 12.5 Å². The molecule has 1 atom stereocenters. The zero-order valence-electron chi connectivity index (χ0n) is 9.73. The normalized spacial score (nSPS) is 19.0. The average Bonchev–Trinajstić information content (AvgIpc) is 2.81. The summed E-state index contributed by atoms with van der Waals surface area (Å²) in [4.78, 5) is 12.1. The van der Waals surface area contributed by atoms with Gasteiger partial charge in [-0.05, 0) is 24.3 Å². The summed E-state index contributed by atoms with van der Waals surface area (Å²) in [7, 11) is 1.54. The van der Waals surface area contributed by atoms with Gasteiger partial charge >= 0.3 is 0 Å². The number of carbonyl (C=O) groups is 1. The third-order valence-corrected chi connectivity index (χ3v) is 3.93. The van der Waals surface area contributed by atoms with Crippen LogP contribution in [0.4, 0.5) is 5.69 Å². The van der Waals surface area contributed by atoms with Crippen LogP contribution < -0.4 is 15.8 Å². The van der Waals surface area contributed by atoms with E-state index in [4.69, 9.17) is 10.5 Å². The molecule has 0 bridgehead atoms. The number of benzene rings is 1. The number of nitrogen functional groups attached to an aromatic ring is 1.